The first-order valence-electron chi connectivity index (χ1n) is 10.7. The van der Waals surface area contributed by atoms with E-state index >= 15 is 0 Å². The smallest absolute Gasteiger partial charge is 0.305 e. The van der Waals surface area contributed by atoms with E-state index in [1.165, 1.54) is 83.5 Å². The Morgan fingerprint density at radius 2 is 1.12 bits per heavy atom. The number of rotatable bonds is 19. The first-order chi connectivity index (χ1) is 12.2. The Hall–Kier alpha value is -0.610. The van der Waals surface area contributed by atoms with Gasteiger partial charge in [-0.25, -0.2) is 0 Å². The normalized spacial score (nSPS) is 11.2. The van der Waals surface area contributed by atoms with Gasteiger partial charge in [0.05, 0.1) is 6.61 Å². The molecule has 0 heterocycles. The first kappa shape index (κ1) is 24.4. The highest BCUT2D eigenvalue weighted by Gasteiger charge is 2.04. The van der Waals surface area contributed by atoms with Crippen molar-refractivity contribution in [3.63, 3.8) is 0 Å². The van der Waals surface area contributed by atoms with Crippen molar-refractivity contribution >= 4 is 5.97 Å². The minimum atomic E-state index is -1.39. The highest BCUT2D eigenvalue weighted by molar-refractivity contribution is 5.69. The number of esters is 1. The summed E-state index contributed by atoms with van der Waals surface area (Å²) in [7, 11) is 0. The maximum atomic E-state index is 11.4. The number of carbonyl (C=O) groups excluding carboxylic acids is 1. The Morgan fingerprint density at radius 3 is 1.52 bits per heavy atom. The van der Waals surface area contributed by atoms with Crippen molar-refractivity contribution in [2.45, 2.75) is 122 Å². The summed E-state index contributed by atoms with van der Waals surface area (Å²) in [5.41, 5.74) is 0. The predicted molar refractivity (Wildman–Crippen MR) is 103 cm³/mol. The van der Waals surface area contributed by atoms with Crippen LogP contribution in [0.2, 0.25) is 0 Å². The van der Waals surface area contributed by atoms with E-state index in [4.69, 9.17) is 14.9 Å². The molecule has 0 aromatic heterocycles. The van der Waals surface area contributed by atoms with E-state index in [1.807, 2.05) is 0 Å². The Morgan fingerprint density at radius 1 is 0.720 bits per heavy atom. The van der Waals surface area contributed by atoms with E-state index in [0.717, 1.165) is 12.8 Å². The highest BCUT2D eigenvalue weighted by atomic mass is 16.5. The van der Waals surface area contributed by atoms with Gasteiger partial charge in [-0.1, -0.05) is 96.8 Å². The molecule has 4 nitrogen and oxygen atoms in total. The number of hydrogen-bond acceptors (Lipinski definition) is 4. The van der Waals surface area contributed by atoms with Crippen LogP contribution in [0.1, 0.15) is 116 Å². The molecular weight excluding hydrogens is 316 g/mol. The monoisotopic (exact) mass is 358 g/mol. The molecule has 0 bridgehead atoms. The van der Waals surface area contributed by atoms with Crippen LogP contribution in [0.3, 0.4) is 0 Å². The molecule has 0 spiro atoms. The van der Waals surface area contributed by atoms with E-state index in [1.54, 1.807) is 0 Å². The maximum Gasteiger partial charge on any atom is 0.305 e. The molecule has 0 radical (unpaired) electrons. The molecule has 0 saturated carbocycles. The van der Waals surface area contributed by atoms with Crippen molar-refractivity contribution < 1.29 is 19.7 Å². The van der Waals surface area contributed by atoms with Crippen LogP contribution in [0.4, 0.5) is 0 Å². The van der Waals surface area contributed by atoms with Crippen LogP contribution < -0.4 is 0 Å². The fraction of sp³-hybridized carbons (Fsp3) is 0.952. The Balaban J connectivity index is 3.10. The van der Waals surface area contributed by atoms with E-state index in [-0.39, 0.29) is 19.0 Å². The number of aliphatic hydroxyl groups excluding tert-OH is 1. The molecule has 0 saturated heterocycles. The van der Waals surface area contributed by atoms with Gasteiger partial charge in [-0.2, -0.15) is 0 Å². The minimum Gasteiger partial charge on any atom is -0.465 e. The number of aliphatic hydroxyl groups is 2. The first-order valence-corrected chi connectivity index (χ1v) is 10.7. The molecule has 0 amide bonds. The van der Waals surface area contributed by atoms with Gasteiger partial charge in [0.15, 0.2) is 6.29 Å². The van der Waals surface area contributed by atoms with Gasteiger partial charge in [-0.05, 0) is 6.42 Å². The maximum absolute atomic E-state index is 11.4. The summed E-state index contributed by atoms with van der Waals surface area (Å²) in [6.07, 6.45) is 18.8. The zero-order chi connectivity index (χ0) is 18.6. The second-order valence-electron chi connectivity index (χ2n) is 7.19. The molecule has 0 atom stereocenters. The molecule has 0 aromatic carbocycles. The largest absolute Gasteiger partial charge is 0.465 e. The summed E-state index contributed by atoms with van der Waals surface area (Å²) in [6, 6.07) is 0. The van der Waals surface area contributed by atoms with E-state index in [2.05, 4.69) is 6.92 Å². The van der Waals surface area contributed by atoms with Gasteiger partial charge in [0.2, 0.25) is 0 Å². The third-order valence-electron chi connectivity index (χ3n) is 4.62. The fourth-order valence-corrected chi connectivity index (χ4v) is 2.99. The van der Waals surface area contributed by atoms with Gasteiger partial charge in [0.1, 0.15) is 0 Å². The lowest BCUT2D eigenvalue weighted by Crippen LogP contribution is -2.12. The molecule has 0 aromatic rings. The number of hydrogen-bond donors (Lipinski definition) is 2. The third kappa shape index (κ3) is 21.3. The molecule has 0 aliphatic heterocycles. The van der Waals surface area contributed by atoms with Gasteiger partial charge < -0.3 is 14.9 Å². The van der Waals surface area contributed by atoms with Gasteiger partial charge >= 0.3 is 5.97 Å². The van der Waals surface area contributed by atoms with Crippen molar-refractivity contribution in [3.05, 3.63) is 0 Å². The number of ether oxygens (including phenoxy) is 1. The molecule has 0 fully saturated rings. The SMILES string of the molecule is CCCCCCCCCCCCCCCCCC(=O)OCCC(O)O. The molecular formula is C21H42O4. The Labute approximate surface area is 155 Å². The average molecular weight is 359 g/mol. The summed E-state index contributed by atoms with van der Waals surface area (Å²) >= 11 is 0. The van der Waals surface area contributed by atoms with Gasteiger partial charge in [-0.15, -0.1) is 0 Å². The summed E-state index contributed by atoms with van der Waals surface area (Å²) in [5, 5.41) is 17.3. The van der Waals surface area contributed by atoms with Crippen LogP contribution in [0.15, 0.2) is 0 Å². The van der Waals surface area contributed by atoms with Gasteiger partial charge in [0, 0.05) is 12.8 Å². The molecule has 150 valence electrons. The zero-order valence-corrected chi connectivity index (χ0v) is 16.5. The van der Waals surface area contributed by atoms with Crippen LogP contribution in [-0.2, 0) is 9.53 Å². The summed E-state index contributed by atoms with van der Waals surface area (Å²) in [4.78, 5) is 11.4. The molecule has 0 aliphatic rings. The quantitative estimate of drug-likeness (QED) is 0.182. The van der Waals surface area contributed by atoms with Crippen molar-refractivity contribution in [2.75, 3.05) is 6.61 Å². The molecule has 25 heavy (non-hydrogen) atoms. The van der Waals surface area contributed by atoms with Gasteiger partial charge in [-0.3, -0.25) is 4.79 Å². The number of unbranched alkanes of at least 4 members (excludes halogenated alkanes) is 14. The second kappa shape index (κ2) is 19.7. The van der Waals surface area contributed by atoms with Crippen LogP contribution in [0.5, 0.6) is 0 Å². The van der Waals surface area contributed by atoms with Crippen LogP contribution in [0.25, 0.3) is 0 Å². The summed E-state index contributed by atoms with van der Waals surface area (Å²) in [5.74, 6) is -0.227. The molecule has 0 unspecified atom stereocenters. The van der Waals surface area contributed by atoms with Crippen molar-refractivity contribution in [3.8, 4) is 0 Å². The fourth-order valence-electron chi connectivity index (χ4n) is 2.99. The van der Waals surface area contributed by atoms with Crippen molar-refractivity contribution in [2.24, 2.45) is 0 Å². The minimum absolute atomic E-state index is 0.0879. The summed E-state index contributed by atoms with van der Waals surface area (Å²) < 4.78 is 4.91. The Bertz CT molecular complexity index is 279. The van der Waals surface area contributed by atoms with E-state index < -0.39 is 6.29 Å². The van der Waals surface area contributed by atoms with Crippen LogP contribution >= 0.6 is 0 Å². The highest BCUT2D eigenvalue weighted by Crippen LogP contribution is 2.13. The van der Waals surface area contributed by atoms with Crippen molar-refractivity contribution in [1.82, 2.24) is 0 Å². The standard InChI is InChI=1S/C21H42O4/c1-2-3-4-5-6-7-8-9-10-11-12-13-14-15-16-17-21(24)25-19-18-20(22)23/h20,22-23H,2-19H2,1H3. The average Bonchev–Trinajstić information content (AvgIpc) is 2.58. The lowest BCUT2D eigenvalue weighted by atomic mass is 10.0. The van der Waals surface area contributed by atoms with E-state index in [0.29, 0.717) is 6.42 Å². The van der Waals surface area contributed by atoms with Gasteiger partial charge in [0.25, 0.3) is 0 Å². The predicted octanol–water partition coefficient (Wildman–Crippen LogP) is 5.49. The lowest BCUT2D eigenvalue weighted by Gasteiger charge is -2.06. The second-order valence-corrected chi connectivity index (χ2v) is 7.19. The molecule has 0 aliphatic carbocycles. The van der Waals surface area contributed by atoms with Crippen molar-refractivity contribution in [1.29, 1.82) is 0 Å². The van der Waals surface area contributed by atoms with E-state index in [9.17, 15) is 4.79 Å². The molecule has 2 N–H and O–H groups in total. The summed E-state index contributed by atoms with van der Waals surface area (Å²) in [6.45, 7) is 2.36. The van der Waals surface area contributed by atoms with Crippen LogP contribution in [0, 0.1) is 0 Å². The Kier molecular flexibility index (Phi) is 19.2. The third-order valence-corrected chi connectivity index (χ3v) is 4.62. The van der Waals surface area contributed by atoms with Crippen LogP contribution in [-0.4, -0.2) is 29.1 Å². The topological polar surface area (TPSA) is 66.8 Å². The molecule has 0 rings (SSSR count). The number of carbonyl (C=O) groups is 1. The zero-order valence-electron chi connectivity index (χ0n) is 16.5. The lowest BCUT2D eigenvalue weighted by molar-refractivity contribution is -0.146. The molecule has 4 heteroatoms.